The summed E-state index contributed by atoms with van der Waals surface area (Å²) in [6.07, 6.45) is 3.23. The van der Waals surface area contributed by atoms with Gasteiger partial charge in [-0.1, -0.05) is 13.0 Å². The van der Waals surface area contributed by atoms with E-state index in [1.165, 1.54) is 0 Å². The summed E-state index contributed by atoms with van der Waals surface area (Å²) in [5.74, 6) is 1.10. The number of aromatic hydroxyl groups is 1. The van der Waals surface area contributed by atoms with Crippen LogP contribution in [0.25, 0.3) is 0 Å². The van der Waals surface area contributed by atoms with Gasteiger partial charge in [0.2, 0.25) is 0 Å². The SMILES string of the molecule is COc1ccc(C(C)CC2(N)CC2)cc1O. The zero-order valence-electron chi connectivity index (χ0n) is 9.86. The van der Waals surface area contributed by atoms with E-state index in [2.05, 4.69) is 6.92 Å². The Hall–Kier alpha value is -1.22. The van der Waals surface area contributed by atoms with Gasteiger partial charge >= 0.3 is 0 Å². The second-order valence-electron chi connectivity index (χ2n) is 4.90. The molecule has 1 aromatic carbocycles. The number of methoxy groups -OCH3 is 1. The Morgan fingerprint density at radius 2 is 2.19 bits per heavy atom. The van der Waals surface area contributed by atoms with Crippen LogP contribution in [0.1, 0.15) is 37.7 Å². The van der Waals surface area contributed by atoms with Crippen LogP contribution < -0.4 is 10.5 Å². The van der Waals surface area contributed by atoms with Crippen LogP contribution in [0.15, 0.2) is 18.2 Å². The van der Waals surface area contributed by atoms with E-state index in [4.69, 9.17) is 10.5 Å². The van der Waals surface area contributed by atoms with Crippen molar-refractivity contribution in [3.8, 4) is 11.5 Å². The fraction of sp³-hybridized carbons (Fsp3) is 0.538. The first-order chi connectivity index (χ1) is 7.54. The van der Waals surface area contributed by atoms with Crippen molar-refractivity contribution in [2.24, 2.45) is 5.73 Å². The van der Waals surface area contributed by atoms with Gasteiger partial charge in [0.25, 0.3) is 0 Å². The molecule has 0 heterocycles. The second kappa shape index (κ2) is 3.98. The molecule has 1 unspecified atom stereocenters. The molecule has 1 aliphatic carbocycles. The monoisotopic (exact) mass is 221 g/mol. The van der Waals surface area contributed by atoms with Gasteiger partial charge in [-0.25, -0.2) is 0 Å². The van der Waals surface area contributed by atoms with Crippen molar-refractivity contribution in [1.82, 2.24) is 0 Å². The lowest BCUT2D eigenvalue weighted by Crippen LogP contribution is -2.23. The molecule has 1 aromatic rings. The van der Waals surface area contributed by atoms with Crippen molar-refractivity contribution in [2.45, 2.75) is 37.6 Å². The van der Waals surface area contributed by atoms with E-state index in [1.807, 2.05) is 6.07 Å². The van der Waals surface area contributed by atoms with Crippen LogP contribution in [-0.2, 0) is 0 Å². The Morgan fingerprint density at radius 1 is 1.50 bits per heavy atom. The Bertz CT molecular complexity index is 386. The lowest BCUT2D eigenvalue weighted by Gasteiger charge is -2.17. The van der Waals surface area contributed by atoms with Crippen LogP contribution in [-0.4, -0.2) is 17.8 Å². The van der Waals surface area contributed by atoms with Crippen LogP contribution >= 0.6 is 0 Å². The van der Waals surface area contributed by atoms with Crippen LogP contribution in [0.2, 0.25) is 0 Å². The smallest absolute Gasteiger partial charge is 0.160 e. The molecule has 0 saturated heterocycles. The van der Waals surface area contributed by atoms with Gasteiger partial charge in [-0.2, -0.15) is 0 Å². The van der Waals surface area contributed by atoms with Gasteiger partial charge in [0.05, 0.1) is 7.11 Å². The number of rotatable bonds is 4. The number of hydrogen-bond donors (Lipinski definition) is 2. The molecule has 1 fully saturated rings. The topological polar surface area (TPSA) is 55.5 Å². The minimum Gasteiger partial charge on any atom is -0.504 e. The molecule has 0 amide bonds. The third kappa shape index (κ3) is 2.30. The third-order valence-electron chi connectivity index (χ3n) is 3.38. The highest BCUT2D eigenvalue weighted by atomic mass is 16.5. The number of hydrogen-bond acceptors (Lipinski definition) is 3. The average molecular weight is 221 g/mol. The van der Waals surface area contributed by atoms with Crippen LogP contribution in [0.5, 0.6) is 11.5 Å². The summed E-state index contributed by atoms with van der Waals surface area (Å²) in [5.41, 5.74) is 7.26. The quantitative estimate of drug-likeness (QED) is 0.820. The minimum absolute atomic E-state index is 0.0506. The molecule has 0 aliphatic heterocycles. The van der Waals surface area contributed by atoms with E-state index < -0.39 is 0 Å². The molecule has 3 N–H and O–H groups in total. The number of phenolic OH excluding ortho intramolecular Hbond substituents is 1. The maximum atomic E-state index is 9.70. The summed E-state index contributed by atoms with van der Waals surface area (Å²) in [6.45, 7) is 2.15. The standard InChI is InChI=1S/C13H19NO2/c1-9(8-13(14)5-6-13)10-3-4-12(16-2)11(15)7-10/h3-4,7,9,15H,5-6,8,14H2,1-2H3. The van der Waals surface area contributed by atoms with Crippen molar-refractivity contribution >= 4 is 0 Å². The summed E-state index contributed by atoms with van der Waals surface area (Å²) < 4.78 is 5.02. The summed E-state index contributed by atoms with van der Waals surface area (Å²) >= 11 is 0. The molecule has 0 spiro atoms. The van der Waals surface area contributed by atoms with Gasteiger partial charge in [0.15, 0.2) is 11.5 Å². The minimum atomic E-state index is 0.0506. The van der Waals surface area contributed by atoms with E-state index >= 15 is 0 Å². The Kier molecular flexibility index (Phi) is 2.80. The highest BCUT2D eigenvalue weighted by Crippen LogP contribution is 2.41. The summed E-state index contributed by atoms with van der Waals surface area (Å²) in [7, 11) is 1.55. The van der Waals surface area contributed by atoms with Crippen molar-refractivity contribution < 1.29 is 9.84 Å². The summed E-state index contributed by atoms with van der Waals surface area (Å²) in [6, 6.07) is 5.57. The molecule has 0 radical (unpaired) electrons. The number of phenols is 1. The van der Waals surface area contributed by atoms with E-state index in [1.54, 1.807) is 19.2 Å². The molecule has 1 atom stereocenters. The highest BCUT2D eigenvalue weighted by Gasteiger charge is 2.39. The number of ether oxygens (including phenoxy) is 1. The molecule has 2 rings (SSSR count). The van der Waals surface area contributed by atoms with E-state index in [-0.39, 0.29) is 11.3 Å². The summed E-state index contributed by atoms with van der Waals surface area (Å²) in [4.78, 5) is 0. The van der Waals surface area contributed by atoms with Crippen molar-refractivity contribution in [1.29, 1.82) is 0 Å². The van der Waals surface area contributed by atoms with Gasteiger partial charge in [0, 0.05) is 5.54 Å². The zero-order valence-corrected chi connectivity index (χ0v) is 9.86. The second-order valence-corrected chi connectivity index (χ2v) is 4.90. The molecular formula is C13H19NO2. The van der Waals surface area contributed by atoms with Crippen LogP contribution in [0.4, 0.5) is 0 Å². The maximum absolute atomic E-state index is 9.70. The first kappa shape index (κ1) is 11.3. The van der Waals surface area contributed by atoms with E-state index in [0.717, 1.165) is 24.8 Å². The fourth-order valence-electron chi connectivity index (χ4n) is 2.11. The predicted molar refractivity (Wildman–Crippen MR) is 63.8 cm³/mol. The normalized spacial score (nSPS) is 19.2. The van der Waals surface area contributed by atoms with Gasteiger partial charge in [-0.15, -0.1) is 0 Å². The lowest BCUT2D eigenvalue weighted by molar-refractivity contribution is 0.372. The zero-order chi connectivity index (χ0) is 11.8. The van der Waals surface area contributed by atoms with Crippen LogP contribution in [0, 0.1) is 0 Å². The molecule has 88 valence electrons. The fourth-order valence-corrected chi connectivity index (χ4v) is 2.11. The summed E-state index contributed by atoms with van der Waals surface area (Å²) in [5, 5.41) is 9.70. The van der Waals surface area contributed by atoms with Crippen molar-refractivity contribution in [3.05, 3.63) is 23.8 Å². The molecule has 0 bridgehead atoms. The Balaban J connectivity index is 2.11. The highest BCUT2D eigenvalue weighted by molar-refractivity contribution is 5.42. The van der Waals surface area contributed by atoms with Crippen LogP contribution in [0.3, 0.4) is 0 Å². The van der Waals surface area contributed by atoms with E-state index in [0.29, 0.717) is 11.7 Å². The largest absolute Gasteiger partial charge is 0.504 e. The van der Waals surface area contributed by atoms with Gasteiger partial charge in [-0.3, -0.25) is 0 Å². The molecule has 0 aromatic heterocycles. The van der Waals surface area contributed by atoms with Crippen molar-refractivity contribution in [2.75, 3.05) is 7.11 Å². The molecule has 3 nitrogen and oxygen atoms in total. The average Bonchev–Trinajstić information content (AvgIpc) is 2.95. The molecule has 16 heavy (non-hydrogen) atoms. The molecule has 1 aliphatic rings. The molecule has 3 heteroatoms. The van der Waals surface area contributed by atoms with Gasteiger partial charge in [0.1, 0.15) is 0 Å². The third-order valence-corrected chi connectivity index (χ3v) is 3.38. The predicted octanol–water partition coefficient (Wildman–Crippen LogP) is 2.39. The molecule has 1 saturated carbocycles. The van der Waals surface area contributed by atoms with Crippen molar-refractivity contribution in [3.63, 3.8) is 0 Å². The Morgan fingerprint density at radius 3 is 2.69 bits per heavy atom. The first-order valence-electron chi connectivity index (χ1n) is 5.70. The first-order valence-corrected chi connectivity index (χ1v) is 5.70. The van der Waals surface area contributed by atoms with Gasteiger partial charge in [-0.05, 0) is 42.9 Å². The van der Waals surface area contributed by atoms with E-state index in [9.17, 15) is 5.11 Å². The molecular weight excluding hydrogens is 202 g/mol. The van der Waals surface area contributed by atoms with Gasteiger partial charge < -0.3 is 15.6 Å². The number of nitrogens with two attached hydrogens (primary N) is 1. The maximum Gasteiger partial charge on any atom is 0.160 e. The lowest BCUT2D eigenvalue weighted by atomic mass is 9.93. The Labute approximate surface area is 96.2 Å². The number of benzene rings is 1.